The molecule has 1 N–H and O–H groups in total. The van der Waals surface area contributed by atoms with Gasteiger partial charge in [0.05, 0.1) is 13.2 Å². The minimum atomic E-state index is 0.113. The van der Waals surface area contributed by atoms with E-state index in [4.69, 9.17) is 9.84 Å². The summed E-state index contributed by atoms with van der Waals surface area (Å²) in [5.74, 6) is 0. The molecule has 0 amide bonds. The smallest absolute Gasteiger partial charge is 0.0648 e. The zero-order chi connectivity index (χ0) is 14.0. The fraction of sp³-hybridized carbons (Fsp3) is 0.882. The highest BCUT2D eigenvalue weighted by Crippen LogP contribution is 2.11. The van der Waals surface area contributed by atoms with Crippen LogP contribution in [0.15, 0.2) is 12.2 Å². The number of hydrogen-bond acceptors (Lipinski definition) is 2. The molecule has 2 nitrogen and oxygen atoms in total. The van der Waals surface area contributed by atoms with Gasteiger partial charge in [-0.3, -0.25) is 0 Å². The molecule has 0 aliphatic heterocycles. The second kappa shape index (κ2) is 17.7. The van der Waals surface area contributed by atoms with Crippen molar-refractivity contribution >= 4 is 0 Å². The van der Waals surface area contributed by atoms with Crippen molar-refractivity contribution in [2.45, 2.75) is 77.6 Å². The molecule has 0 radical (unpaired) electrons. The predicted octanol–water partition coefficient (Wildman–Crippen LogP) is 4.86. The Kier molecular flexibility index (Phi) is 17.3. The first-order valence-corrected chi connectivity index (χ1v) is 8.25. The lowest BCUT2D eigenvalue weighted by atomic mass is 10.1. The van der Waals surface area contributed by atoms with Crippen LogP contribution in [0.4, 0.5) is 0 Å². The lowest BCUT2D eigenvalue weighted by Crippen LogP contribution is -1.94. The Hall–Kier alpha value is -0.340. The zero-order valence-corrected chi connectivity index (χ0v) is 12.9. The van der Waals surface area contributed by atoms with Crippen molar-refractivity contribution in [3.8, 4) is 0 Å². The molecule has 0 saturated carbocycles. The summed E-state index contributed by atoms with van der Waals surface area (Å²) in [5.41, 5.74) is 0. The third-order valence-electron chi connectivity index (χ3n) is 3.38. The maximum atomic E-state index is 8.53. The van der Waals surface area contributed by atoms with E-state index in [0.717, 1.165) is 6.61 Å². The lowest BCUT2D eigenvalue weighted by Gasteiger charge is -2.03. The molecule has 0 bridgehead atoms. The van der Waals surface area contributed by atoms with Gasteiger partial charge in [-0.2, -0.15) is 0 Å². The van der Waals surface area contributed by atoms with Gasteiger partial charge in [0.1, 0.15) is 0 Å². The second-order valence-corrected chi connectivity index (χ2v) is 5.26. The lowest BCUT2D eigenvalue weighted by molar-refractivity contribution is 0.156. The largest absolute Gasteiger partial charge is 0.392 e. The van der Waals surface area contributed by atoms with Gasteiger partial charge >= 0.3 is 0 Å². The number of aliphatic hydroxyl groups excluding tert-OH is 1. The Labute approximate surface area is 120 Å². The van der Waals surface area contributed by atoms with Gasteiger partial charge in [-0.15, -0.1) is 0 Å². The van der Waals surface area contributed by atoms with Crippen LogP contribution in [0.5, 0.6) is 0 Å². The summed E-state index contributed by atoms with van der Waals surface area (Å²) in [6, 6.07) is 0. The molecule has 0 spiro atoms. The number of rotatable bonds is 15. The van der Waals surface area contributed by atoms with Crippen LogP contribution in [0.25, 0.3) is 0 Å². The van der Waals surface area contributed by atoms with Crippen LogP contribution < -0.4 is 0 Å². The maximum absolute atomic E-state index is 8.53. The molecule has 0 aliphatic rings. The highest BCUT2D eigenvalue weighted by molar-refractivity contribution is 4.80. The van der Waals surface area contributed by atoms with E-state index in [1.165, 1.54) is 70.6 Å². The molecule has 0 aromatic rings. The van der Waals surface area contributed by atoms with Gasteiger partial charge in [-0.05, 0) is 6.42 Å². The van der Waals surface area contributed by atoms with Crippen LogP contribution in [0.3, 0.4) is 0 Å². The van der Waals surface area contributed by atoms with Crippen molar-refractivity contribution < 1.29 is 9.84 Å². The van der Waals surface area contributed by atoms with E-state index < -0.39 is 0 Å². The Bertz CT molecular complexity index is 178. The van der Waals surface area contributed by atoms with Crippen LogP contribution >= 0.6 is 0 Å². The van der Waals surface area contributed by atoms with Crippen molar-refractivity contribution in [3.63, 3.8) is 0 Å². The van der Waals surface area contributed by atoms with Crippen molar-refractivity contribution in [2.24, 2.45) is 0 Å². The van der Waals surface area contributed by atoms with E-state index in [-0.39, 0.29) is 6.61 Å². The van der Waals surface area contributed by atoms with Gasteiger partial charge in [0.25, 0.3) is 0 Å². The van der Waals surface area contributed by atoms with Gasteiger partial charge < -0.3 is 9.84 Å². The molecule has 0 aromatic heterocycles. The minimum absolute atomic E-state index is 0.113. The monoisotopic (exact) mass is 270 g/mol. The normalized spacial score (nSPS) is 11.5. The standard InChI is InChI=1S/C17H34O2/c1-2-3-4-5-6-7-8-9-10-11-13-16-19-17-14-12-15-18/h12,14,18H,2-11,13,15-17H2,1H3/b14-12+. The number of ether oxygens (including phenoxy) is 1. The summed E-state index contributed by atoms with van der Waals surface area (Å²) in [7, 11) is 0. The van der Waals surface area contributed by atoms with Crippen LogP contribution in [-0.4, -0.2) is 24.9 Å². The van der Waals surface area contributed by atoms with Crippen molar-refractivity contribution in [1.29, 1.82) is 0 Å². The summed E-state index contributed by atoms with van der Waals surface area (Å²) in [6.07, 6.45) is 18.7. The SMILES string of the molecule is CCCCCCCCCCCCCOC/C=C/CO. The van der Waals surface area contributed by atoms with Crippen LogP contribution in [0.2, 0.25) is 0 Å². The molecule has 0 aliphatic carbocycles. The first-order chi connectivity index (χ1) is 9.41. The van der Waals surface area contributed by atoms with Crippen molar-refractivity contribution in [2.75, 3.05) is 19.8 Å². The van der Waals surface area contributed by atoms with Gasteiger partial charge in [0.2, 0.25) is 0 Å². The fourth-order valence-corrected chi connectivity index (χ4v) is 2.16. The molecular formula is C17H34O2. The highest BCUT2D eigenvalue weighted by atomic mass is 16.5. The number of hydrogen-bond donors (Lipinski definition) is 1. The molecule has 0 rings (SSSR count). The molecule has 2 heteroatoms. The maximum Gasteiger partial charge on any atom is 0.0648 e. The molecule has 0 atom stereocenters. The van der Waals surface area contributed by atoms with Crippen molar-refractivity contribution in [3.05, 3.63) is 12.2 Å². The molecule has 0 heterocycles. The third-order valence-corrected chi connectivity index (χ3v) is 3.38. The Morgan fingerprint density at radius 1 is 0.737 bits per heavy atom. The third kappa shape index (κ3) is 17.7. The minimum Gasteiger partial charge on any atom is -0.392 e. The second-order valence-electron chi connectivity index (χ2n) is 5.26. The Morgan fingerprint density at radius 2 is 1.26 bits per heavy atom. The van der Waals surface area contributed by atoms with Crippen LogP contribution in [-0.2, 0) is 4.74 Å². The molecule has 0 unspecified atom stereocenters. The van der Waals surface area contributed by atoms with E-state index in [1.807, 2.05) is 6.08 Å². The van der Waals surface area contributed by atoms with E-state index in [0.29, 0.717) is 6.61 Å². The van der Waals surface area contributed by atoms with E-state index >= 15 is 0 Å². The van der Waals surface area contributed by atoms with Gasteiger partial charge in [0, 0.05) is 6.61 Å². The Morgan fingerprint density at radius 3 is 1.79 bits per heavy atom. The van der Waals surface area contributed by atoms with E-state index in [9.17, 15) is 0 Å². The summed E-state index contributed by atoms with van der Waals surface area (Å²) in [5, 5.41) is 8.53. The first-order valence-electron chi connectivity index (χ1n) is 8.25. The summed E-state index contributed by atoms with van der Waals surface area (Å²) in [6.45, 7) is 3.87. The average molecular weight is 270 g/mol. The molecular weight excluding hydrogens is 236 g/mol. The molecule has 0 fully saturated rings. The first kappa shape index (κ1) is 18.7. The summed E-state index contributed by atoms with van der Waals surface area (Å²) >= 11 is 0. The highest BCUT2D eigenvalue weighted by Gasteiger charge is 1.93. The van der Waals surface area contributed by atoms with E-state index in [1.54, 1.807) is 6.08 Å². The predicted molar refractivity (Wildman–Crippen MR) is 83.5 cm³/mol. The fourth-order valence-electron chi connectivity index (χ4n) is 2.16. The molecule has 19 heavy (non-hydrogen) atoms. The van der Waals surface area contributed by atoms with E-state index in [2.05, 4.69) is 6.92 Å². The number of unbranched alkanes of at least 4 members (excludes halogenated alkanes) is 10. The molecule has 0 saturated heterocycles. The molecule has 114 valence electrons. The topological polar surface area (TPSA) is 29.5 Å². The van der Waals surface area contributed by atoms with Crippen LogP contribution in [0, 0.1) is 0 Å². The zero-order valence-electron chi connectivity index (χ0n) is 12.9. The van der Waals surface area contributed by atoms with Gasteiger partial charge in [-0.1, -0.05) is 83.3 Å². The summed E-state index contributed by atoms with van der Waals surface area (Å²) in [4.78, 5) is 0. The van der Waals surface area contributed by atoms with Gasteiger partial charge in [0.15, 0.2) is 0 Å². The average Bonchev–Trinajstić information content (AvgIpc) is 2.43. The van der Waals surface area contributed by atoms with Crippen LogP contribution in [0.1, 0.15) is 77.6 Å². The number of aliphatic hydroxyl groups is 1. The van der Waals surface area contributed by atoms with Crippen molar-refractivity contribution in [1.82, 2.24) is 0 Å². The molecule has 0 aromatic carbocycles. The quantitative estimate of drug-likeness (QED) is 0.340. The summed E-state index contributed by atoms with van der Waals surface area (Å²) < 4.78 is 5.42. The van der Waals surface area contributed by atoms with Gasteiger partial charge in [-0.25, -0.2) is 0 Å². The Balaban J connectivity index is 2.93.